The fraction of sp³-hybridized carbons (Fsp3) is 0.176. The first kappa shape index (κ1) is 14.8. The highest BCUT2D eigenvalue weighted by Crippen LogP contribution is 2.25. The molecule has 1 N–H and O–H groups in total. The number of nitrogens with one attached hydrogen (secondary N) is 1. The van der Waals surface area contributed by atoms with Crippen molar-refractivity contribution in [3.8, 4) is 5.75 Å². The third kappa shape index (κ3) is 2.74. The highest BCUT2D eigenvalue weighted by Gasteiger charge is 2.12. The third-order valence-electron chi connectivity index (χ3n) is 3.82. The lowest BCUT2D eigenvalue weighted by Crippen LogP contribution is -2.24. The van der Waals surface area contributed by atoms with Gasteiger partial charge in [0, 0.05) is 34.8 Å². The number of ether oxygens (including phenoxy) is 1. The van der Waals surface area contributed by atoms with Crippen LogP contribution >= 0.6 is 11.3 Å². The van der Waals surface area contributed by atoms with Crippen molar-refractivity contribution in [2.75, 3.05) is 7.11 Å². The van der Waals surface area contributed by atoms with E-state index in [1.165, 1.54) is 0 Å². The van der Waals surface area contributed by atoms with E-state index < -0.39 is 0 Å². The Morgan fingerprint density at radius 3 is 3.21 bits per heavy atom. The molecule has 4 rings (SSSR count). The maximum Gasteiger partial charge on any atom is 0.224 e. The summed E-state index contributed by atoms with van der Waals surface area (Å²) in [5.41, 5.74) is 2.42. The van der Waals surface area contributed by atoms with E-state index in [4.69, 9.17) is 9.15 Å². The van der Waals surface area contributed by atoms with Gasteiger partial charge in [-0.1, -0.05) is 0 Å². The van der Waals surface area contributed by atoms with E-state index in [2.05, 4.69) is 10.3 Å². The molecular formula is C17H15N3O3S. The SMILES string of the molecule is COc1ccc2c(CC(=O)NCc3cn4ccsc4n3)coc2c1. The van der Waals surface area contributed by atoms with Crippen LogP contribution < -0.4 is 10.1 Å². The zero-order chi connectivity index (χ0) is 16.5. The fourth-order valence-electron chi connectivity index (χ4n) is 2.61. The molecular weight excluding hydrogens is 326 g/mol. The predicted molar refractivity (Wildman–Crippen MR) is 91.4 cm³/mol. The minimum Gasteiger partial charge on any atom is -0.497 e. The molecule has 24 heavy (non-hydrogen) atoms. The second-order valence-corrected chi connectivity index (χ2v) is 6.27. The van der Waals surface area contributed by atoms with E-state index in [0.29, 0.717) is 12.1 Å². The molecule has 1 aromatic carbocycles. The normalized spacial score (nSPS) is 11.2. The first-order valence-electron chi connectivity index (χ1n) is 7.45. The molecule has 0 aliphatic carbocycles. The highest BCUT2D eigenvalue weighted by molar-refractivity contribution is 7.15. The van der Waals surface area contributed by atoms with Crippen LogP contribution in [0.25, 0.3) is 15.9 Å². The smallest absolute Gasteiger partial charge is 0.224 e. The molecule has 0 fully saturated rings. The van der Waals surface area contributed by atoms with E-state index in [0.717, 1.165) is 27.4 Å². The number of rotatable bonds is 5. The van der Waals surface area contributed by atoms with Crippen LogP contribution in [-0.2, 0) is 17.8 Å². The van der Waals surface area contributed by atoms with Crippen molar-refractivity contribution in [1.29, 1.82) is 0 Å². The van der Waals surface area contributed by atoms with Crippen molar-refractivity contribution in [3.63, 3.8) is 0 Å². The van der Waals surface area contributed by atoms with Gasteiger partial charge in [-0.2, -0.15) is 0 Å². The zero-order valence-electron chi connectivity index (χ0n) is 13.0. The standard InChI is InChI=1S/C17H15N3O3S/c1-22-13-2-3-14-11(10-23-15(14)7-13)6-16(21)18-8-12-9-20-4-5-24-17(20)19-12/h2-5,7,9-10H,6,8H2,1H3,(H,18,21). The van der Waals surface area contributed by atoms with Gasteiger partial charge >= 0.3 is 0 Å². The van der Waals surface area contributed by atoms with Crippen LogP contribution in [0.3, 0.4) is 0 Å². The summed E-state index contributed by atoms with van der Waals surface area (Å²) < 4.78 is 12.6. The summed E-state index contributed by atoms with van der Waals surface area (Å²) in [4.78, 5) is 17.6. The third-order valence-corrected chi connectivity index (χ3v) is 4.59. The molecule has 0 bridgehead atoms. The number of fused-ring (bicyclic) bond motifs is 2. The largest absolute Gasteiger partial charge is 0.497 e. The van der Waals surface area contributed by atoms with E-state index in [1.54, 1.807) is 24.7 Å². The van der Waals surface area contributed by atoms with Gasteiger partial charge < -0.3 is 14.5 Å². The minimum absolute atomic E-state index is 0.0649. The Labute approximate surface area is 141 Å². The summed E-state index contributed by atoms with van der Waals surface area (Å²) in [5, 5.41) is 5.80. The Balaban J connectivity index is 1.43. The second kappa shape index (κ2) is 6.01. The number of hydrogen-bond donors (Lipinski definition) is 1. The molecule has 0 atom stereocenters. The number of aromatic nitrogens is 2. The van der Waals surface area contributed by atoms with Gasteiger partial charge in [-0.05, 0) is 12.1 Å². The molecule has 0 saturated heterocycles. The maximum absolute atomic E-state index is 12.2. The zero-order valence-corrected chi connectivity index (χ0v) is 13.8. The van der Waals surface area contributed by atoms with Crippen molar-refractivity contribution in [1.82, 2.24) is 14.7 Å². The van der Waals surface area contributed by atoms with E-state index in [-0.39, 0.29) is 12.3 Å². The fourth-order valence-corrected chi connectivity index (χ4v) is 3.33. The van der Waals surface area contributed by atoms with Crippen LogP contribution in [0.1, 0.15) is 11.3 Å². The highest BCUT2D eigenvalue weighted by atomic mass is 32.1. The Hall–Kier alpha value is -2.80. The van der Waals surface area contributed by atoms with Crippen LogP contribution in [0.4, 0.5) is 0 Å². The number of carbonyl (C=O) groups excluding carboxylic acids is 1. The average Bonchev–Trinajstić information content (AvgIpc) is 3.27. The van der Waals surface area contributed by atoms with Crippen LogP contribution in [-0.4, -0.2) is 22.4 Å². The Kier molecular flexibility index (Phi) is 3.70. The molecule has 4 aromatic rings. The molecule has 3 aromatic heterocycles. The number of nitrogens with zero attached hydrogens (tertiary/aromatic N) is 2. The maximum atomic E-state index is 12.2. The van der Waals surface area contributed by atoms with Gasteiger partial charge in [0.05, 0.1) is 32.0 Å². The molecule has 122 valence electrons. The summed E-state index contributed by atoms with van der Waals surface area (Å²) in [7, 11) is 1.61. The lowest BCUT2D eigenvalue weighted by atomic mass is 10.1. The van der Waals surface area contributed by atoms with Crippen LogP contribution in [0, 0.1) is 0 Å². The van der Waals surface area contributed by atoms with Gasteiger partial charge in [0.2, 0.25) is 5.91 Å². The van der Waals surface area contributed by atoms with Gasteiger partial charge in [-0.25, -0.2) is 4.98 Å². The van der Waals surface area contributed by atoms with Crippen molar-refractivity contribution in [2.24, 2.45) is 0 Å². The number of furan rings is 1. The van der Waals surface area contributed by atoms with Gasteiger partial charge in [0.15, 0.2) is 4.96 Å². The second-order valence-electron chi connectivity index (χ2n) is 5.40. The van der Waals surface area contributed by atoms with Crippen LogP contribution in [0.5, 0.6) is 5.75 Å². The number of hydrogen-bond acceptors (Lipinski definition) is 5. The Morgan fingerprint density at radius 1 is 1.46 bits per heavy atom. The molecule has 0 aliphatic rings. The van der Waals surface area contributed by atoms with Crippen molar-refractivity contribution >= 4 is 33.2 Å². The summed E-state index contributed by atoms with van der Waals surface area (Å²) in [5.74, 6) is 0.664. The molecule has 0 radical (unpaired) electrons. The summed E-state index contributed by atoms with van der Waals surface area (Å²) in [6.45, 7) is 0.414. The monoisotopic (exact) mass is 341 g/mol. The first-order valence-corrected chi connectivity index (χ1v) is 8.33. The number of methoxy groups -OCH3 is 1. The van der Waals surface area contributed by atoms with E-state index in [1.807, 2.05) is 40.4 Å². The molecule has 0 saturated carbocycles. The van der Waals surface area contributed by atoms with E-state index in [9.17, 15) is 4.79 Å². The first-order chi connectivity index (χ1) is 11.7. The Morgan fingerprint density at radius 2 is 2.38 bits per heavy atom. The lowest BCUT2D eigenvalue weighted by molar-refractivity contribution is -0.120. The van der Waals surface area contributed by atoms with Crippen molar-refractivity contribution in [2.45, 2.75) is 13.0 Å². The minimum atomic E-state index is -0.0649. The molecule has 1 amide bonds. The molecule has 3 heterocycles. The topological polar surface area (TPSA) is 68.8 Å². The molecule has 0 aliphatic heterocycles. The summed E-state index contributed by atoms with van der Waals surface area (Å²) >= 11 is 1.57. The lowest BCUT2D eigenvalue weighted by Gasteiger charge is -2.02. The number of benzene rings is 1. The Bertz CT molecular complexity index is 986. The average molecular weight is 341 g/mol. The molecule has 6 nitrogen and oxygen atoms in total. The molecule has 0 spiro atoms. The number of thiazole rings is 1. The van der Waals surface area contributed by atoms with Crippen molar-refractivity contribution in [3.05, 3.63) is 53.5 Å². The number of amides is 1. The van der Waals surface area contributed by atoms with Gasteiger partial charge in [0.1, 0.15) is 11.3 Å². The van der Waals surface area contributed by atoms with Gasteiger partial charge in [-0.15, -0.1) is 11.3 Å². The van der Waals surface area contributed by atoms with Crippen molar-refractivity contribution < 1.29 is 13.9 Å². The van der Waals surface area contributed by atoms with Gasteiger partial charge in [-0.3, -0.25) is 9.20 Å². The quantitative estimate of drug-likeness (QED) is 0.606. The number of imidazole rings is 1. The predicted octanol–water partition coefficient (Wildman–Crippen LogP) is 3.01. The van der Waals surface area contributed by atoms with Crippen LogP contribution in [0.2, 0.25) is 0 Å². The van der Waals surface area contributed by atoms with Gasteiger partial charge in [0.25, 0.3) is 0 Å². The van der Waals surface area contributed by atoms with Crippen LogP contribution in [0.15, 0.2) is 46.7 Å². The molecule has 0 unspecified atom stereocenters. The van der Waals surface area contributed by atoms with E-state index >= 15 is 0 Å². The number of carbonyl (C=O) groups is 1. The molecule has 7 heteroatoms. The summed E-state index contributed by atoms with van der Waals surface area (Å²) in [6, 6.07) is 5.58. The summed E-state index contributed by atoms with van der Waals surface area (Å²) in [6.07, 6.45) is 5.76.